The number of ether oxygens (including phenoxy) is 13. The van der Waals surface area contributed by atoms with Crippen LogP contribution in [0.1, 0.15) is 68.0 Å². The van der Waals surface area contributed by atoms with Gasteiger partial charge in [-0.2, -0.15) is 0 Å². The van der Waals surface area contributed by atoms with Crippen molar-refractivity contribution in [1.29, 1.82) is 0 Å². The van der Waals surface area contributed by atoms with Gasteiger partial charge in [-0.1, -0.05) is 119 Å². The maximum absolute atomic E-state index is 13.0. The number of carbonyl (C=O) groups excluding carboxylic acids is 3. The molecule has 6 aliphatic heterocycles. The molecule has 1 N–H and O–H groups in total. The van der Waals surface area contributed by atoms with E-state index in [9.17, 15) is 14.4 Å². The molecule has 17 nitrogen and oxygen atoms in total. The van der Waals surface area contributed by atoms with Gasteiger partial charge in [-0.15, -0.1) is 0 Å². The smallest absolute Gasteiger partial charge is 0.166 e. The predicted octanol–water partition coefficient (Wildman–Crippen LogP) is 11.8. The Morgan fingerprint density at radius 2 is 0.541 bits per heavy atom. The topological polar surface area (TPSA) is 211 Å². The van der Waals surface area contributed by atoms with E-state index >= 15 is 0 Å². The van der Waals surface area contributed by atoms with Gasteiger partial charge in [0, 0.05) is 54.2 Å². The maximum atomic E-state index is 13.0. The van der Waals surface area contributed by atoms with E-state index in [2.05, 4.69) is 68.8 Å². The standard InChI is InChI=1S/3C24H22O5.C5H12.2C2H6O/c3*25-22-3-1-2-8-24(22)9-18-20(28-13-16-11-26-16)6-4-15-5-7-21(19(10-24)23(15)18)29-14-17-12-27-17;1-5(2,3)4;1-3-2;1-2-3/h3*1-8,16-17H,9-14H2;1-4H3;1-2H3;3H,2H2,1H3. The van der Waals surface area contributed by atoms with Gasteiger partial charge in [0.1, 0.15) is 111 Å². The largest absolute Gasteiger partial charge is 0.490 e. The minimum atomic E-state index is -0.584. The molecule has 6 aliphatic carbocycles. The van der Waals surface area contributed by atoms with E-state index in [1.807, 2.05) is 91.1 Å². The summed E-state index contributed by atoms with van der Waals surface area (Å²) in [4.78, 5) is 39.0. The van der Waals surface area contributed by atoms with Crippen molar-refractivity contribution in [3.63, 3.8) is 0 Å². The Bertz CT molecular complexity index is 3540. The molecule has 17 heteroatoms. The van der Waals surface area contributed by atoms with Gasteiger partial charge < -0.3 is 66.7 Å². The van der Waals surface area contributed by atoms with E-state index in [4.69, 9.17) is 61.9 Å². The van der Waals surface area contributed by atoms with Crippen LogP contribution in [-0.4, -0.2) is 159 Å². The van der Waals surface area contributed by atoms with Gasteiger partial charge in [0.25, 0.3) is 0 Å². The van der Waals surface area contributed by atoms with Crippen LogP contribution in [0.3, 0.4) is 0 Å². The van der Waals surface area contributed by atoms with Crippen LogP contribution in [0.4, 0.5) is 0 Å². The molecule has 18 rings (SSSR count). The zero-order valence-corrected chi connectivity index (χ0v) is 57.2. The highest BCUT2D eigenvalue weighted by Crippen LogP contribution is 2.52. The first-order valence-electron chi connectivity index (χ1n) is 34.4. The SMILES string of the molecule is CC(C)(C)C.CCO.COC.O=C1C=CC=CC12Cc1c(OCC3CO3)ccc3ccc(OCC4CO4)c(c13)C2.O=C1C=CC=CC12Cc1c(OCC3CO3)ccc3ccc(OCC4CO4)c(c13)C2.O=C1C=CC=CC12Cc1c(OCC3CO3)ccc3ccc(OCC4CO4)c(c13)C2. The molecule has 0 radical (unpaired) electrons. The molecule has 0 saturated carbocycles. The van der Waals surface area contributed by atoms with Crippen molar-refractivity contribution in [2.75, 3.05) is 100 Å². The van der Waals surface area contributed by atoms with Gasteiger partial charge in [-0.25, -0.2) is 0 Å². The van der Waals surface area contributed by atoms with Gasteiger partial charge in [-0.3, -0.25) is 14.4 Å². The van der Waals surface area contributed by atoms with E-state index in [1.165, 1.54) is 0 Å². The van der Waals surface area contributed by atoms with E-state index in [1.54, 1.807) is 39.4 Å². The van der Waals surface area contributed by atoms with Gasteiger partial charge >= 0.3 is 0 Å². The second-order valence-corrected chi connectivity index (χ2v) is 28.6. The number of hydrogen-bond donors (Lipinski definition) is 1. The van der Waals surface area contributed by atoms with Crippen LogP contribution in [0.5, 0.6) is 34.5 Å². The third kappa shape index (κ3) is 16.3. The predicted molar refractivity (Wildman–Crippen MR) is 373 cm³/mol. The Kier molecular flexibility index (Phi) is 20.6. The van der Waals surface area contributed by atoms with Crippen LogP contribution in [0.15, 0.2) is 146 Å². The average molecular weight is 1340 g/mol. The third-order valence-corrected chi connectivity index (χ3v) is 18.7. The number of hydrogen-bond acceptors (Lipinski definition) is 17. The molecule has 516 valence electrons. The Morgan fingerprint density at radius 1 is 0.367 bits per heavy atom. The fourth-order valence-electron chi connectivity index (χ4n) is 13.4. The first-order valence-corrected chi connectivity index (χ1v) is 34.4. The van der Waals surface area contributed by atoms with Crippen molar-refractivity contribution in [3.8, 4) is 34.5 Å². The molecule has 6 unspecified atom stereocenters. The highest BCUT2D eigenvalue weighted by Gasteiger charge is 2.46. The molecule has 6 aromatic rings. The summed E-state index contributed by atoms with van der Waals surface area (Å²) < 4.78 is 72.8. The molecular weight excluding hydrogens is 1240 g/mol. The minimum Gasteiger partial charge on any atom is -0.490 e. The number of benzene rings is 6. The summed E-state index contributed by atoms with van der Waals surface area (Å²) >= 11 is 0. The molecule has 6 saturated heterocycles. The van der Waals surface area contributed by atoms with Crippen molar-refractivity contribution < 1.29 is 81.1 Å². The number of ketones is 3. The van der Waals surface area contributed by atoms with Crippen molar-refractivity contribution in [3.05, 3.63) is 179 Å². The van der Waals surface area contributed by atoms with Crippen molar-refractivity contribution in [2.24, 2.45) is 21.7 Å². The molecule has 6 aromatic carbocycles. The zero-order valence-electron chi connectivity index (χ0n) is 57.2. The van der Waals surface area contributed by atoms with Crippen LogP contribution in [0, 0.1) is 21.7 Å². The quantitative estimate of drug-likeness (QED) is 0.0793. The van der Waals surface area contributed by atoms with Crippen molar-refractivity contribution in [1.82, 2.24) is 0 Å². The van der Waals surface area contributed by atoms with E-state index in [-0.39, 0.29) is 60.6 Å². The number of carbonyl (C=O) groups is 3. The summed E-state index contributed by atoms with van der Waals surface area (Å²) in [6.07, 6.45) is 27.5. The van der Waals surface area contributed by atoms with Gasteiger partial charge in [0.15, 0.2) is 17.3 Å². The molecule has 0 amide bonds. The van der Waals surface area contributed by atoms with Gasteiger partial charge in [0.05, 0.1) is 55.9 Å². The molecule has 3 spiro atoms. The maximum Gasteiger partial charge on any atom is 0.166 e. The van der Waals surface area contributed by atoms with Crippen LogP contribution in [-0.2, 0) is 86.1 Å². The van der Waals surface area contributed by atoms with E-state index < -0.39 is 16.2 Å². The Balaban J connectivity index is 0.000000123. The van der Waals surface area contributed by atoms with Crippen LogP contribution >= 0.6 is 0 Å². The first kappa shape index (κ1) is 68.5. The summed E-state index contributed by atoms with van der Waals surface area (Å²) in [7, 11) is 3.25. The summed E-state index contributed by atoms with van der Waals surface area (Å²) in [5.41, 5.74) is 5.28. The summed E-state index contributed by atoms with van der Waals surface area (Å²) in [5.74, 6) is 5.45. The van der Waals surface area contributed by atoms with E-state index in [0.29, 0.717) is 83.6 Å². The number of aliphatic hydroxyl groups is 1. The Labute approximate surface area is 573 Å². The number of epoxide rings is 6. The lowest BCUT2D eigenvalue weighted by Crippen LogP contribution is -2.36. The summed E-state index contributed by atoms with van der Waals surface area (Å²) in [6.45, 7) is 18.5. The molecule has 6 heterocycles. The van der Waals surface area contributed by atoms with Crippen molar-refractivity contribution >= 4 is 49.7 Å². The monoisotopic (exact) mass is 1330 g/mol. The lowest BCUT2D eigenvalue weighted by molar-refractivity contribution is -0.122. The zero-order chi connectivity index (χ0) is 68.2. The highest BCUT2D eigenvalue weighted by atomic mass is 16.6. The molecular formula is C81H90O17. The van der Waals surface area contributed by atoms with Crippen molar-refractivity contribution in [2.45, 2.75) is 110 Å². The fourth-order valence-corrected chi connectivity index (χ4v) is 13.4. The molecule has 98 heavy (non-hydrogen) atoms. The first-order chi connectivity index (χ1) is 47.5. The summed E-state index contributed by atoms with van der Waals surface area (Å²) in [6, 6.07) is 24.7. The second kappa shape index (κ2) is 29.5. The van der Waals surface area contributed by atoms with Gasteiger partial charge in [-0.05, 0) is 138 Å². The number of aliphatic hydroxyl groups excluding tert-OH is 1. The molecule has 0 aromatic heterocycles. The molecule has 0 bridgehead atoms. The molecule has 12 aliphatic rings. The highest BCUT2D eigenvalue weighted by molar-refractivity contribution is 6.04. The van der Waals surface area contributed by atoms with Gasteiger partial charge in [0.2, 0.25) is 0 Å². The lowest BCUT2D eigenvalue weighted by atomic mass is 9.66. The normalized spacial score (nSPS) is 26.5. The Hall–Kier alpha value is -7.97. The number of rotatable bonds is 18. The number of methoxy groups -OCH3 is 1. The lowest BCUT2D eigenvalue weighted by Gasteiger charge is -2.36. The summed E-state index contributed by atoms with van der Waals surface area (Å²) in [5, 5.41) is 14.5. The molecule has 6 atom stereocenters. The molecule has 6 fully saturated rings. The third-order valence-electron chi connectivity index (χ3n) is 18.7. The van der Waals surface area contributed by atoms with E-state index in [0.717, 1.165) is 140 Å². The van der Waals surface area contributed by atoms with Crippen LogP contribution < -0.4 is 28.4 Å². The second-order valence-electron chi connectivity index (χ2n) is 28.6. The average Bonchev–Trinajstić information content (AvgIpc) is 1.74. The Morgan fingerprint density at radius 3 is 0.694 bits per heavy atom. The fraction of sp³-hybridized carbons (Fsp3) is 0.444. The number of allylic oxidation sites excluding steroid dienone is 12. The van der Waals surface area contributed by atoms with Crippen LogP contribution in [0.25, 0.3) is 32.3 Å². The minimum absolute atomic E-state index is 0.138. The van der Waals surface area contributed by atoms with Crippen LogP contribution in [0.2, 0.25) is 0 Å².